The maximum Gasteiger partial charge on any atom is 0.244 e. The lowest BCUT2D eigenvalue weighted by molar-refractivity contribution is -0.121. The van der Waals surface area contributed by atoms with Crippen LogP contribution in [0.5, 0.6) is 5.75 Å². The van der Waals surface area contributed by atoms with Crippen molar-refractivity contribution in [3.63, 3.8) is 0 Å². The Labute approximate surface area is 115 Å². The van der Waals surface area contributed by atoms with Gasteiger partial charge in [-0.25, -0.2) is 0 Å². The third-order valence-corrected chi connectivity index (χ3v) is 2.87. The highest BCUT2D eigenvalue weighted by molar-refractivity contribution is 5.98. The lowest BCUT2D eigenvalue weighted by Crippen LogP contribution is -2.49. The van der Waals surface area contributed by atoms with Gasteiger partial charge in [0.25, 0.3) is 0 Å². The highest BCUT2D eigenvalue weighted by Gasteiger charge is 2.26. The van der Waals surface area contributed by atoms with Crippen molar-refractivity contribution in [2.45, 2.75) is 40.2 Å². The molecule has 4 nitrogen and oxygen atoms in total. The molecule has 1 rings (SSSR count). The summed E-state index contributed by atoms with van der Waals surface area (Å²) in [6.07, 6.45) is 0. The van der Waals surface area contributed by atoms with Crippen LogP contribution in [0.4, 0.5) is 5.69 Å². The summed E-state index contributed by atoms with van der Waals surface area (Å²) in [7, 11) is 0. The molecule has 0 spiro atoms. The molecule has 19 heavy (non-hydrogen) atoms. The van der Waals surface area contributed by atoms with Crippen molar-refractivity contribution in [3.8, 4) is 5.75 Å². The second-order valence-corrected chi connectivity index (χ2v) is 5.04. The molecule has 0 atom stereocenters. The Morgan fingerprint density at radius 2 is 2.00 bits per heavy atom. The molecule has 0 saturated heterocycles. The smallest absolute Gasteiger partial charge is 0.244 e. The van der Waals surface area contributed by atoms with Gasteiger partial charge in [-0.05, 0) is 51.9 Å². The number of nitrogens with one attached hydrogen (secondary N) is 2. The summed E-state index contributed by atoms with van der Waals surface area (Å²) in [5.74, 6) is 0.641. The van der Waals surface area contributed by atoms with E-state index in [1.807, 2.05) is 52.8 Å². The number of hydrogen-bond acceptors (Lipinski definition) is 3. The summed E-state index contributed by atoms with van der Waals surface area (Å²) in [6, 6.07) is 5.76. The molecule has 0 heterocycles. The predicted octanol–water partition coefficient (Wildman–Crippen LogP) is 2.72. The molecule has 0 aliphatic carbocycles. The van der Waals surface area contributed by atoms with E-state index in [1.54, 1.807) is 0 Å². The largest absolute Gasteiger partial charge is 0.492 e. The lowest BCUT2D eigenvalue weighted by atomic mass is 10.0. The molecule has 106 valence electrons. The van der Waals surface area contributed by atoms with E-state index in [-0.39, 0.29) is 5.91 Å². The molecule has 0 aromatic heterocycles. The molecule has 0 fully saturated rings. The Balaban J connectivity index is 2.90. The molecule has 2 N–H and O–H groups in total. The molecule has 0 radical (unpaired) electrons. The second kappa shape index (κ2) is 6.57. The van der Waals surface area contributed by atoms with E-state index < -0.39 is 5.54 Å². The molecule has 0 aliphatic heterocycles. The molecule has 0 aliphatic rings. The summed E-state index contributed by atoms with van der Waals surface area (Å²) in [5, 5.41) is 6.07. The van der Waals surface area contributed by atoms with Crippen LogP contribution in [0, 0.1) is 6.92 Å². The van der Waals surface area contributed by atoms with E-state index in [0.29, 0.717) is 18.0 Å². The van der Waals surface area contributed by atoms with Crippen molar-refractivity contribution in [2.24, 2.45) is 0 Å². The van der Waals surface area contributed by atoms with E-state index in [2.05, 4.69) is 10.6 Å². The van der Waals surface area contributed by atoms with Crippen molar-refractivity contribution in [2.75, 3.05) is 18.5 Å². The number of amides is 1. The first-order chi connectivity index (χ1) is 8.90. The fourth-order valence-corrected chi connectivity index (χ4v) is 1.81. The number of aryl methyl sites for hydroxylation is 1. The molecule has 1 aromatic rings. The summed E-state index contributed by atoms with van der Waals surface area (Å²) in [6.45, 7) is 10.9. The molecule has 0 unspecified atom stereocenters. The van der Waals surface area contributed by atoms with Gasteiger partial charge in [-0.3, -0.25) is 4.79 Å². The van der Waals surface area contributed by atoms with E-state index in [4.69, 9.17) is 4.74 Å². The maximum atomic E-state index is 12.2. The first-order valence-electron chi connectivity index (χ1n) is 6.70. The van der Waals surface area contributed by atoms with Crippen molar-refractivity contribution in [3.05, 3.63) is 23.8 Å². The molecular formula is C15H24N2O2. The van der Waals surface area contributed by atoms with Crippen LogP contribution in [-0.4, -0.2) is 24.6 Å². The van der Waals surface area contributed by atoms with Gasteiger partial charge >= 0.3 is 0 Å². The minimum Gasteiger partial charge on any atom is -0.492 e. The van der Waals surface area contributed by atoms with Gasteiger partial charge in [0, 0.05) is 0 Å². The summed E-state index contributed by atoms with van der Waals surface area (Å²) in [5.41, 5.74) is 1.21. The van der Waals surface area contributed by atoms with Gasteiger partial charge < -0.3 is 15.4 Å². The summed E-state index contributed by atoms with van der Waals surface area (Å²) in [4.78, 5) is 12.2. The minimum absolute atomic E-state index is 0.0702. The van der Waals surface area contributed by atoms with Gasteiger partial charge in [0.15, 0.2) is 0 Å². The van der Waals surface area contributed by atoms with Crippen LogP contribution in [0.2, 0.25) is 0 Å². The van der Waals surface area contributed by atoms with E-state index in [0.717, 1.165) is 12.1 Å². The van der Waals surface area contributed by atoms with Crippen LogP contribution in [0.15, 0.2) is 18.2 Å². The monoisotopic (exact) mass is 264 g/mol. The number of benzene rings is 1. The first kappa shape index (κ1) is 15.5. The van der Waals surface area contributed by atoms with Crippen LogP contribution in [-0.2, 0) is 4.79 Å². The zero-order chi connectivity index (χ0) is 14.5. The molecule has 0 bridgehead atoms. The second-order valence-electron chi connectivity index (χ2n) is 5.04. The van der Waals surface area contributed by atoms with Crippen LogP contribution < -0.4 is 15.4 Å². The maximum absolute atomic E-state index is 12.2. The number of anilines is 1. The number of carbonyl (C=O) groups is 1. The van der Waals surface area contributed by atoms with Gasteiger partial charge in [0.1, 0.15) is 5.75 Å². The topological polar surface area (TPSA) is 50.4 Å². The van der Waals surface area contributed by atoms with Crippen LogP contribution in [0.1, 0.15) is 33.3 Å². The summed E-state index contributed by atoms with van der Waals surface area (Å²) < 4.78 is 5.56. The van der Waals surface area contributed by atoms with Crippen LogP contribution in [0.3, 0.4) is 0 Å². The van der Waals surface area contributed by atoms with Gasteiger partial charge in [-0.2, -0.15) is 0 Å². The average Bonchev–Trinajstić information content (AvgIpc) is 2.32. The standard InChI is InChI=1S/C15H24N2O2/c1-6-16-15(4,5)14(18)17-12-9-8-11(3)10-13(12)19-7-2/h8-10,16H,6-7H2,1-5H3,(H,17,18). The molecular weight excluding hydrogens is 240 g/mol. The zero-order valence-corrected chi connectivity index (χ0v) is 12.5. The third-order valence-electron chi connectivity index (χ3n) is 2.87. The van der Waals surface area contributed by atoms with E-state index in [9.17, 15) is 4.79 Å². The number of ether oxygens (including phenoxy) is 1. The highest BCUT2D eigenvalue weighted by Crippen LogP contribution is 2.26. The molecule has 0 saturated carbocycles. The van der Waals surface area contributed by atoms with Crippen molar-refractivity contribution < 1.29 is 9.53 Å². The number of hydrogen-bond donors (Lipinski definition) is 2. The fraction of sp³-hybridized carbons (Fsp3) is 0.533. The predicted molar refractivity (Wildman–Crippen MR) is 78.7 cm³/mol. The zero-order valence-electron chi connectivity index (χ0n) is 12.5. The van der Waals surface area contributed by atoms with Crippen molar-refractivity contribution in [1.29, 1.82) is 0 Å². The Bertz CT molecular complexity index is 442. The van der Waals surface area contributed by atoms with Gasteiger partial charge in [0.2, 0.25) is 5.91 Å². The Hall–Kier alpha value is -1.55. The van der Waals surface area contributed by atoms with Crippen molar-refractivity contribution in [1.82, 2.24) is 5.32 Å². The van der Waals surface area contributed by atoms with E-state index in [1.165, 1.54) is 0 Å². The van der Waals surface area contributed by atoms with E-state index >= 15 is 0 Å². The Morgan fingerprint density at radius 1 is 1.32 bits per heavy atom. The van der Waals surface area contributed by atoms with Gasteiger partial charge in [-0.1, -0.05) is 13.0 Å². The van der Waals surface area contributed by atoms with Crippen LogP contribution in [0.25, 0.3) is 0 Å². The molecule has 1 aromatic carbocycles. The normalized spacial score (nSPS) is 11.2. The number of likely N-dealkylation sites (N-methyl/N-ethyl adjacent to an activating group) is 1. The summed E-state index contributed by atoms with van der Waals surface area (Å²) >= 11 is 0. The van der Waals surface area contributed by atoms with Crippen LogP contribution >= 0.6 is 0 Å². The Morgan fingerprint density at radius 3 is 2.58 bits per heavy atom. The van der Waals surface area contributed by atoms with Crippen molar-refractivity contribution >= 4 is 11.6 Å². The van der Waals surface area contributed by atoms with Gasteiger partial charge in [-0.15, -0.1) is 0 Å². The highest BCUT2D eigenvalue weighted by atomic mass is 16.5. The lowest BCUT2D eigenvalue weighted by Gasteiger charge is -2.25. The first-order valence-corrected chi connectivity index (χ1v) is 6.70. The quantitative estimate of drug-likeness (QED) is 0.830. The number of carbonyl (C=O) groups excluding carboxylic acids is 1. The third kappa shape index (κ3) is 4.24. The number of rotatable bonds is 6. The Kier molecular flexibility index (Phi) is 5.36. The molecule has 1 amide bonds. The average molecular weight is 264 g/mol. The fourth-order valence-electron chi connectivity index (χ4n) is 1.81. The molecule has 4 heteroatoms. The minimum atomic E-state index is -0.608. The SMILES string of the molecule is CCNC(C)(C)C(=O)Nc1ccc(C)cc1OCC. The van der Waals surface area contributed by atoms with Gasteiger partial charge in [0.05, 0.1) is 17.8 Å².